The zero-order chi connectivity index (χ0) is 16.5. The van der Waals surface area contributed by atoms with E-state index in [0.29, 0.717) is 6.42 Å². The van der Waals surface area contributed by atoms with E-state index in [1.807, 2.05) is 0 Å². The maximum Gasteiger partial charge on any atom is 0.332 e. The number of nitrogens with one attached hydrogen (secondary N) is 1. The molecule has 5 nitrogen and oxygen atoms in total. The van der Waals surface area contributed by atoms with Gasteiger partial charge in [-0.05, 0) is 32.8 Å². The van der Waals surface area contributed by atoms with Gasteiger partial charge in [-0.15, -0.1) is 0 Å². The molecule has 120 valence electrons. The number of carbonyl (C=O) groups is 2. The lowest BCUT2D eigenvalue weighted by molar-refractivity contribution is -0.152. The van der Waals surface area contributed by atoms with Crippen molar-refractivity contribution in [3.8, 4) is 0 Å². The van der Waals surface area contributed by atoms with Gasteiger partial charge < -0.3 is 15.2 Å². The zero-order valence-corrected chi connectivity index (χ0v) is 13.0. The van der Waals surface area contributed by atoms with Crippen molar-refractivity contribution in [2.45, 2.75) is 44.4 Å². The first kappa shape index (κ1) is 16.7. The smallest absolute Gasteiger partial charge is 0.332 e. The van der Waals surface area contributed by atoms with E-state index < -0.39 is 35.4 Å². The number of ether oxygens (including phenoxy) is 1. The maximum absolute atomic E-state index is 14.1. The topological polar surface area (TPSA) is 75.6 Å². The van der Waals surface area contributed by atoms with E-state index in [0.717, 1.165) is 0 Å². The van der Waals surface area contributed by atoms with Crippen molar-refractivity contribution in [1.29, 1.82) is 0 Å². The molecule has 1 heterocycles. The Morgan fingerprint density at radius 1 is 1.36 bits per heavy atom. The van der Waals surface area contributed by atoms with Gasteiger partial charge in [-0.2, -0.15) is 0 Å². The van der Waals surface area contributed by atoms with Gasteiger partial charge in [0.25, 0.3) is 0 Å². The van der Waals surface area contributed by atoms with Crippen LogP contribution in [0.15, 0.2) is 18.2 Å². The van der Waals surface area contributed by atoms with Crippen molar-refractivity contribution >= 4 is 23.5 Å². The fourth-order valence-corrected chi connectivity index (χ4v) is 2.63. The molecule has 1 aromatic rings. The molecule has 0 unspecified atom stereocenters. The third-order valence-corrected chi connectivity index (χ3v) is 3.94. The molecule has 0 radical (unpaired) electrons. The lowest BCUT2D eigenvalue weighted by atomic mass is 9.93. The normalized spacial score (nSPS) is 21.6. The van der Waals surface area contributed by atoms with Crippen LogP contribution in [0.1, 0.15) is 32.3 Å². The predicted octanol–water partition coefficient (Wildman–Crippen LogP) is 2.46. The van der Waals surface area contributed by atoms with Crippen LogP contribution in [0.25, 0.3) is 0 Å². The van der Waals surface area contributed by atoms with Gasteiger partial charge >= 0.3 is 5.97 Å². The van der Waals surface area contributed by atoms with Crippen LogP contribution in [0, 0.1) is 5.82 Å². The van der Waals surface area contributed by atoms with Crippen LogP contribution in [0.4, 0.5) is 4.39 Å². The highest BCUT2D eigenvalue weighted by Gasteiger charge is 2.37. The van der Waals surface area contributed by atoms with Crippen LogP contribution in [0.2, 0.25) is 5.02 Å². The fraction of sp³-hybridized carbons (Fsp3) is 0.467. The van der Waals surface area contributed by atoms with E-state index >= 15 is 0 Å². The van der Waals surface area contributed by atoms with Gasteiger partial charge in [0.1, 0.15) is 11.9 Å². The SMILES string of the molecule is CC(C)(NC(=O)[C@@H]1CC[C@H](C(=O)O)O1)c1cccc(Cl)c1F. The highest BCUT2D eigenvalue weighted by atomic mass is 35.5. The van der Waals surface area contributed by atoms with Crippen molar-refractivity contribution in [2.24, 2.45) is 0 Å². The fourth-order valence-electron chi connectivity index (χ4n) is 2.45. The molecule has 1 aromatic carbocycles. The van der Waals surface area contributed by atoms with E-state index in [-0.39, 0.29) is 17.0 Å². The predicted molar refractivity (Wildman–Crippen MR) is 78.1 cm³/mol. The number of halogens is 2. The summed E-state index contributed by atoms with van der Waals surface area (Å²) in [6, 6.07) is 4.56. The van der Waals surface area contributed by atoms with E-state index in [2.05, 4.69) is 5.32 Å². The average molecular weight is 330 g/mol. The molecule has 1 saturated heterocycles. The summed E-state index contributed by atoms with van der Waals surface area (Å²) in [6.45, 7) is 3.28. The van der Waals surface area contributed by atoms with Gasteiger partial charge in [-0.25, -0.2) is 9.18 Å². The number of carbonyl (C=O) groups excluding carboxylic acids is 1. The first-order valence-corrected chi connectivity index (χ1v) is 7.25. The van der Waals surface area contributed by atoms with Crippen molar-refractivity contribution in [3.63, 3.8) is 0 Å². The summed E-state index contributed by atoms with van der Waals surface area (Å²) in [6.07, 6.45) is -1.22. The summed E-state index contributed by atoms with van der Waals surface area (Å²) in [5, 5.41) is 11.5. The summed E-state index contributed by atoms with van der Waals surface area (Å²) in [4.78, 5) is 23.1. The van der Waals surface area contributed by atoms with Crippen molar-refractivity contribution in [3.05, 3.63) is 34.6 Å². The number of carboxylic acids is 1. The van der Waals surface area contributed by atoms with Gasteiger partial charge in [0, 0.05) is 5.56 Å². The number of hydrogen-bond donors (Lipinski definition) is 2. The number of hydrogen-bond acceptors (Lipinski definition) is 3. The molecular formula is C15H17ClFNO4. The number of aliphatic carboxylic acids is 1. The molecule has 1 amide bonds. The molecule has 0 saturated carbocycles. The van der Waals surface area contributed by atoms with Gasteiger partial charge in [-0.1, -0.05) is 23.7 Å². The lowest BCUT2D eigenvalue weighted by Gasteiger charge is -2.29. The van der Waals surface area contributed by atoms with Crippen LogP contribution in [-0.2, 0) is 19.9 Å². The molecule has 0 spiro atoms. The Hall–Kier alpha value is -1.66. The molecule has 22 heavy (non-hydrogen) atoms. The third-order valence-electron chi connectivity index (χ3n) is 3.65. The Labute approximate surface area is 132 Å². The number of carboxylic acid groups (broad SMARTS) is 1. The second-order valence-corrected chi connectivity index (χ2v) is 6.15. The van der Waals surface area contributed by atoms with Crippen molar-refractivity contribution < 1.29 is 23.8 Å². The highest BCUT2D eigenvalue weighted by Crippen LogP contribution is 2.28. The van der Waals surface area contributed by atoms with Crippen LogP contribution in [0.5, 0.6) is 0 Å². The molecule has 2 N–H and O–H groups in total. The Morgan fingerprint density at radius 2 is 2.00 bits per heavy atom. The lowest BCUT2D eigenvalue weighted by Crippen LogP contribution is -2.46. The molecule has 2 rings (SSSR count). The monoisotopic (exact) mass is 329 g/mol. The summed E-state index contributed by atoms with van der Waals surface area (Å²) in [5.74, 6) is -2.14. The third kappa shape index (κ3) is 3.39. The molecule has 1 aliphatic rings. The minimum atomic E-state index is -1.09. The Morgan fingerprint density at radius 3 is 2.59 bits per heavy atom. The first-order valence-electron chi connectivity index (χ1n) is 6.87. The molecule has 0 aliphatic carbocycles. The van der Waals surface area contributed by atoms with Crippen LogP contribution >= 0.6 is 11.6 Å². The Bertz CT molecular complexity index is 605. The Balaban J connectivity index is 2.10. The minimum absolute atomic E-state index is 0.0251. The Kier molecular flexibility index (Phi) is 4.72. The summed E-state index contributed by atoms with van der Waals surface area (Å²) >= 11 is 5.76. The largest absolute Gasteiger partial charge is 0.479 e. The van der Waals surface area contributed by atoms with E-state index in [4.69, 9.17) is 21.4 Å². The number of amides is 1. The molecule has 0 aromatic heterocycles. The summed E-state index contributed by atoms with van der Waals surface area (Å²) in [7, 11) is 0. The van der Waals surface area contributed by atoms with Gasteiger partial charge in [-0.3, -0.25) is 4.79 Å². The molecule has 1 fully saturated rings. The zero-order valence-electron chi connectivity index (χ0n) is 12.2. The van der Waals surface area contributed by atoms with E-state index in [1.165, 1.54) is 12.1 Å². The standard InChI is InChI=1S/C15H17ClFNO4/c1-15(2,8-4-3-5-9(16)12(8)17)18-13(19)10-6-7-11(22-10)14(20)21/h3-5,10-11H,6-7H2,1-2H3,(H,18,19)(H,20,21)/t10-,11+/m0/s1. The minimum Gasteiger partial charge on any atom is -0.479 e. The van der Waals surface area contributed by atoms with Gasteiger partial charge in [0.05, 0.1) is 10.6 Å². The van der Waals surface area contributed by atoms with Crippen LogP contribution < -0.4 is 5.32 Å². The highest BCUT2D eigenvalue weighted by molar-refractivity contribution is 6.30. The second-order valence-electron chi connectivity index (χ2n) is 5.74. The molecule has 1 aliphatic heterocycles. The van der Waals surface area contributed by atoms with E-state index in [1.54, 1.807) is 19.9 Å². The molecular weight excluding hydrogens is 313 g/mol. The summed E-state index contributed by atoms with van der Waals surface area (Å²) in [5.41, 5.74) is -0.752. The van der Waals surface area contributed by atoms with Gasteiger partial charge in [0.2, 0.25) is 5.91 Å². The molecule has 7 heteroatoms. The second kappa shape index (κ2) is 6.22. The van der Waals surface area contributed by atoms with E-state index in [9.17, 15) is 14.0 Å². The van der Waals surface area contributed by atoms with Crippen molar-refractivity contribution in [1.82, 2.24) is 5.32 Å². The maximum atomic E-state index is 14.1. The first-order chi connectivity index (χ1) is 10.2. The average Bonchev–Trinajstić information content (AvgIpc) is 2.91. The molecule has 0 bridgehead atoms. The number of benzene rings is 1. The number of rotatable bonds is 4. The van der Waals surface area contributed by atoms with Crippen LogP contribution in [-0.4, -0.2) is 29.2 Å². The van der Waals surface area contributed by atoms with Crippen LogP contribution in [0.3, 0.4) is 0 Å². The van der Waals surface area contributed by atoms with Crippen molar-refractivity contribution in [2.75, 3.05) is 0 Å². The summed E-state index contributed by atoms with van der Waals surface area (Å²) < 4.78 is 19.3. The molecule has 2 atom stereocenters. The van der Waals surface area contributed by atoms with Gasteiger partial charge in [0.15, 0.2) is 6.10 Å². The quantitative estimate of drug-likeness (QED) is 0.889.